The van der Waals surface area contributed by atoms with Crippen LogP contribution in [0.2, 0.25) is 5.02 Å². The van der Waals surface area contributed by atoms with Crippen LogP contribution < -0.4 is 9.64 Å². The van der Waals surface area contributed by atoms with Gasteiger partial charge in [-0.1, -0.05) is 41.9 Å². The second-order valence-electron chi connectivity index (χ2n) is 6.76. The van der Waals surface area contributed by atoms with Gasteiger partial charge < -0.3 is 19.1 Å². The van der Waals surface area contributed by atoms with Gasteiger partial charge in [-0.05, 0) is 30.5 Å². The summed E-state index contributed by atoms with van der Waals surface area (Å²) < 4.78 is 53.0. The summed E-state index contributed by atoms with van der Waals surface area (Å²) in [5, 5.41) is -0.0696. The van der Waals surface area contributed by atoms with Crippen LogP contribution in [0.5, 0.6) is 5.75 Å². The number of nitrogens with zero attached hydrogens (tertiary/aromatic N) is 1. The second kappa shape index (κ2) is 10.2. The third-order valence-electron chi connectivity index (χ3n) is 4.64. The predicted molar refractivity (Wildman–Crippen MR) is 105 cm³/mol. The molecule has 0 unspecified atom stereocenters. The summed E-state index contributed by atoms with van der Waals surface area (Å²) in [4.78, 5) is 2.01. The van der Waals surface area contributed by atoms with Gasteiger partial charge in [0, 0.05) is 24.8 Å². The van der Waals surface area contributed by atoms with Crippen molar-refractivity contribution in [2.45, 2.75) is 31.9 Å². The van der Waals surface area contributed by atoms with E-state index in [1.807, 2.05) is 35.2 Å². The number of rotatable bonds is 8. The topological polar surface area (TPSA) is 30.9 Å². The molecule has 0 aliphatic carbocycles. The molecule has 2 aromatic rings. The van der Waals surface area contributed by atoms with Gasteiger partial charge in [0.2, 0.25) is 0 Å². The molecule has 0 amide bonds. The summed E-state index contributed by atoms with van der Waals surface area (Å²) >= 11 is 5.81. The van der Waals surface area contributed by atoms with Crippen molar-refractivity contribution in [3.8, 4) is 5.75 Å². The molecule has 1 aliphatic heterocycles. The van der Waals surface area contributed by atoms with Crippen LogP contribution in [-0.4, -0.2) is 38.8 Å². The van der Waals surface area contributed by atoms with E-state index in [2.05, 4.69) is 4.74 Å². The van der Waals surface area contributed by atoms with Crippen molar-refractivity contribution in [3.05, 3.63) is 59.1 Å². The van der Waals surface area contributed by atoms with Crippen molar-refractivity contribution in [2.24, 2.45) is 0 Å². The molecule has 158 valence electrons. The number of alkyl halides is 3. The number of hydrogen-bond donors (Lipinski definition) is 0. The Hall–Kier alpha value is -1.96. The minimum atomic E-state index is -4.77. The van der Waals surface area contributed by atoms with E-state index in [1.54, 1.807) is 6.07 Å². The highest BCUT2D eigenvalue weighted by Crippen LogP contribution is 2.34. The van der Waals surface area contributed by atoms with Crippen LogP contribution in [-0.2, 0) is 16.1 Å². The van der Waals surface area contributed by atoms with Gasteiger partial charge in [0.1, 0.15) is 5.75 Å². The van der Waals surface area contributed by atoms with Crippen LogP contribution in [0.3, 0.4) is 0 Å². The molecule has 2 aromatic carbocycles. The fourth-order valence-corrected chi connectivity index (χ4v) is 3.37. The van der Waals surface area contributed by atoms with E-state index in [9.17, 15) is 13.2 Å². The van der Waals surface area contributed by atoms with Gasteiger partial charge in [-0.3, -0.25) is 0 Å². The van der Waals surface area contributed by atoms with Gasteiger partial charge >= 0.3 is 6.36 Å². The molecule has 0 aromatic heterocycles. The molecule has 8 heteroatoms. The zero-order valence-electron chi connectivity index (χ0n) is 15.8. The maximum Gasteiger partial charge on any atom is 0.573 e. The molecule has 0 spiro atoms. The van der Waals surface area contributed by atoms with Gasteiger partial charge in [-0.2, -0.15) is 0 Å². The first-order chi connectivity index (χ1) is 13.9. The largest absolute Gasteiger partial charge is 0.573 e. The molecule has 3 rings (SSSR count). The number of halogens is 4. The minimum absolute atomic E-state index is 0.0696. The highest BCUT2D eigenvalue weighted by Gasteiger charge is 2.32. The average Bonchev–Trinajstić information content (AvgIpc) is 2.70. The monoisotopic (exact) mass is 429 g/mol. The first kappa shape index (κ1) is 21.7. The average molecular weight is 430 g/mol. The lowest BCUT2D eigenvalue weighted by Gasteiger charge is -2.33. The molecule has 0 bridgehead atoms. The van der Waals surface area contributed by atoms with Gasteiger partial charge in [-0.25, -0.2) is 0 Å². The van der Waals surface area contributed by atoms with E-state index in [1.165, 1.54) is 12.1 Å². The van der Waals surface area contributed by atoms with Gasteiger partial charge in [0.05, 0.1) is 30.9 Å². The van der Waals surface area contributed by atoms with Crippen LogP contribution in [0.15, 0.2) is 48.5 Å². The van der Waals surface area contributed by atoms with E-state index in [-0.39, 0.29) is 16.9 Å². The molecule has 0 atom stereocenters. The molecule has 29 heavy (non-hydrogen) atoms. The van der Waals surface area contributed by atoms with Crippen molar-refractivity contribution in [1.82, 2.24) is 0 Å². The molecular formula is C21H23ClF3NO3. The fraction of sp³-hybridized carbons (Fsp3) is 0.429. The Labute approximate surface area is 173 Å². The zero-order valence-corrected chi connectivity index (χ0v) is 16.6. The summed E-state index contributed by atoms with van der Waals surface area (Å²) in [6, 6.07) is 14.4. The van der Waals surface area contributed by atoms with Crippen LogP contribution >= 0.6 is 11.6 Å². The molecule has 1 heterocycles. The summed E-state index contributed by atoms with van der Waals surface area (Å²) in [6.45, 7) is 2.96. The van der Waals surface area contributed by atoms with E-state index in [0.717, 1.165) is 18.4 Å². The maximum absolute atomic E-state index is 12.5. The highest BCUT2D eigenvalue weighted by molar-refractivity contribution is 6.32. The van der Waals surface area contributed by atoms with Crippen LogP contribution in [0.4, 0.5) is 18.9 Å². The lowest BCUT2D eigenvalue weighted by atomic mass is 10.1. The Morgan fingerprint density at radius 3 is 2.41 bits per heavy atom. The van der Waals surface area contributed by atoms with Gasteiger partial charge in [0.25, 0.3) is 0 Å². The van der Waals surface area contributed by atoms with Crippen molar-refractivity contribution in [3.63, 3.8) is 0 Å². The Morgan fingerprint density at radius 1 is 1.00 bits per heavy atom. The number of hydrogen-bond acceptors (Lipinski definition) is 4. The maximum atomic E-state index is 12.5. The summed E-state index contributed by atoms with van der Waals surface area (Å²) in [7, 11) is 0. The fourth-order valence-electron chi connectivity index (χ4n) is 3.21. The number of benzene rings is 2. The van der Waals surface area contributed by atoms with Crippen molar-refractivity contribution in [1.29, 1.82) is 0 Å². The molecule has 0 radical (unpaired) electrons. The smallest absolute Gasteiger partial charge is 0.404 e. The van der Waals surface area contributed by atoms with E-state index in [4.69, 9.17) is 21.1 Å². The van der Waals surface area contributed by atoms with Crippen molar-refractivity contribution >= 4 is 17.3 Å². The standard InChI is InChI=1S/C21H23ClF3NO3/c22-19-7-6-17(14-20(19)29-21(23,24)25)26-10-8-18(9-11-26)28-13-12-27-15-16-4-2-1-3-5-16/h1-7,14,18H,8-13,15H2. The summed E-state index contributed by atoms with van der Waals surface area (Å²) in [5.74, 6) is -0.384. The number of ether oxygens (including phenoxy) is 3. The quantitative estimate of drug-likeness (QED) is 0.523. The third kappa shape index (κ3) is 7.10. The van der Waals surface area contributed by atoms with Gasteiger partial charge in [0.15, 0.2) is 0 Å². The lowest BCUT2D eigenvalue weighted by molar-refractivity contribution is -0.274. The highest BCUT2D eigenvalue weighted by atomic mass is 35.5. The number of piperidine rings is 1. The normalized spacial score (nSPS) is 15.5. The van der Waals surface area contributed by atoms with Crippen molar-refractivity contribution < 1.29 is 27.4 Å². The number of anilines is 1. The first-order valence-electron chi connectivity index (χ1n) is 9.44. The van der Waals surface area contributed by atoms with Gasteiger partial charge in [-0.15, -0.1) is 13.2 Å². The van der Waals surface area contributed by atoms with E-state index >= 15 is 0 Å². The third-order valence-corrected chi connectivity index (χ3v) is 4.95. The van der Waals surface area contributed by atoms with Crippen molar-refractivity contribution in [2.75, 3.05) is 31.2 Å². The lowest BCUT2D eigenvalue weighted by Crippen LogP contribution is -2.37. The Balaban J connectivity index is 1.39. The molecule has 1 fully saturated rings. The van der Waals surface area contributed by atoms with Crippen LogP contribution in [0.25, 0.3) is 0 Å². The van der Waals surface area contributed by atoms with Crippen LogP contribution in [0.1, 0.15) is 18.4 Å². The predicted octanol–water partition coefficient (Wildman–Crippen LogP) is 5.44. The Bertz CT molecular complexity index is 766. The zero-order chi connectivity index (χ0) is 20.7. The minimum Gasteiger partial charge on any atom is -0.404 e. The SMILES string of the molecule is FC(F)(F)Oc1cc(N2CCC(OCCOCc3ccccc3)CC2)ccc1Cl. The summed E-state index contributed by atoms with van der Waals surface area (Å²) in [5.41, 5.74) is 1.77. The van der Waals surface area contributed by atoms with E-state index in [0.29, 0.717) is 38.6 Å². The van der Waals surface area contributed by atoms with Crippen LogP contribution in [0, 0.1) is 0 Å². The Kier molecular flexibility index (Phi) is 7.64. The summed E-state index contributed by atoms with van der Waals surface area (Å²) in [6.07, 6.45) is -3.08. The second-order valence-corrected chi connectivity index (χ2v) is 7.17. The molecule has 1 saturated heterocycles. The molecule has 4 nitrogen and oxygen atoms in total. The molecule has 0 N–H and O–H groups in total. The van der Waals surface area contributed by atoms with E-state index < -0.39 is 6.36 Å². The molecule has 1 aliphatic rings. The Morgan fingerprint density at radius 2 is 1.72 bits per heavy atom. The molecular weight excluding hydrogens is 407 g/mol. The molecule has 0 saturated carbocycles. The first-order valence-corrected chi connectivity index (χ1v) is 9.82.